The molecule has 2 aliphatic rings. The first-order valence-corrected chi connectivity index (χ1v) is 6.69. The van der Waals surface area contributed by atoms with Gasteiger partial charge in [0.2, 0.25) is 11.8 Å². The van der Waals surface area contributed by atoms with Gasteiger partial charge in [-0.2, -0.15) is 0 Å². The third-order valence-corrected chi connectivity index (χ3v) is 3.72. The summed E-state index contributed by atoms with van der Waals surface area (Å²) in [6.45, 7) is 1.11. The Labute approximate surface area is 120 Å². The van der Waals surface area contributed by atoms with Crippen molar-refractivity contribution in [3.63, 3.8) is 0 Å². The fourth-order valence-corrected chi connectivity index (χ4v) is 2.69. The molecule has 3 rings (SSSR count). The summed E-state index contributed by atoms with van der Waals surface area (Å²) in [7, 11) is 0. The molecule has 2 saturated heterocycles. The summed E-state index contributed by atoms with van der Waals surface area (Å²) in [5.74, 6) is -1.27. The molecule has 1 N–H and O–H groups in total. The van der Waals surface area contributed by atoms with Crippen molar-refractivity contribution >= 4 is 23.4 Å². The largest absolute Gasteiger partial charge is 0.354 e. The number of anilines is 1. The zero-order valence-electron chi connectivity index (χ0n) is 11.2. The van der Waals surface area contributed by atoms with Crippen molar-refractivity contribution in [1.82, 2.24) is 10.2 Å². The summed E-state index contributed by atoms with van der Waals surface area (Å²) < 4.78 is 12.9. The number of imide groups is 1. The van der Waals surface area contributed by atoms with Crippen molar-refractivity contribution in [3.8, 4) is 0 Å². The molecule has 0 spiro atoms. The fraction of sp³-hybridized carbons (Fsp3) is 0.357. The lowest BCUT2D eigenvalue weighted by Gasteiger charge is -2.30. The summed E-state index contributed by atoms with van der Waals surface area (Å²) >= 11 is 0. The zero-order valence-corrected chi connectivity index (χ0v) is 11.2. The van der Waals surface area contributed by atoms with Gasteiger partial charge < -0.3 is 5.32 Å². The minimum absolute atomic E-state index is 0.0451. The van der Waals surface area contributed by atoms with Gasteiger partial charge in [-0.05, 0) is 24.3 Å². The maximum atomic E-state index is 12.9. The minimum atomic E-state index is -0.617. The van der Waals surface area contributed by atoms with Gasteiger partial charge in [-0.1, -0.05) is 0 Å². The Bertz CT molecular complexity index is 602. The summed E-state index contributed by atoms with van der Waals surface area (Å²) in [6, 6.07) is 4.59. The van der Waals surface area contributed by atoms with E-state index in [-0.39, 0.29) is 30.7 Å². The Balaban J connectivity index is 1.81. The Kier molecular flexibility index (Phi) is 3.42. The highest BCUT2D eigenvalue weighted by atomic mass is 19.1. The first kappa shape index (κ1) is 13.7. The van der Waals surface area contributed by atoms with E-state index in [2.05, 4.69) is 5.32 Å². The van der Waals surface area contributed by atoms with Crippen LogP contribution in [0.2, 0.25) is 0 Å². The number of carbonyl (C=O) groups is 3. The molecule has 2 fully saturated rings. The van der Waals surface area contributed by atoms with Crippen LogP contribution < -0.4 is 10.2 Å². The Hall–Kier alpha value is -2.28. The van der Waals surface area contributed by atoms with Crippen LogP contribution in [0.15, 0.2) is 24.3 Å². The Morgan fingerprint density at radius 1 is 1.14 bits per heavy atom. The second kappa shape index (κ2) is 5.25. The van der Waals surface area contributed by atoms with Gasteiger partial charge in [0.15, 0.2) is 0 Å². The van der Waals surface area contributed by atoms with Crippen LogP contribution in [0.25, 0.3) is 0 Å². The van der Waals surface area contributed by atoms with Crippen molar-refractivity contribution in [1.29, 1.82) is 0 Å². The Morgan fingerprint density at radius 3 is 2.52 bits per heavy atom. The number of halogens is 1. The molecule has 0 aliphatic carbocycles. The van der Waals surface area contributed by atoms with Gasteiger partial charge in [-0.25, -0.2) is 9.29 Å². The van der Waals surface area contributed by atoms with E-state index in [4.69, 9.17) is 0 Å². The van der Waals surface area contributed by atoms with E-state index >= 15 is 0 Å². The maximum Gasteiger partial charge on any atom is 0.251 e. The van der Waals surface area contributed by atoms with E-state index in [1.165, 1.54) is 24.3 Å². The topological polar surface area (TPSA) is 69.7 Å². The molecular formula is C14H14FN3O3. The number of nitrogens with zero attached hydrogens (tertiary/aromatic N) is 2. The van der Waals surface area contributed by atoms with Crippen LogP contribution in [-0.4, -0.2) is 48.3 Å². The van der Waals surface area contributed by atoms with Crippen molar-refractivity contribution in [2.24, 2.45) is 0 Å². The highest BCUT2D eigenvalue weighted by molar-refractivity contribution is 6.22. The van der Waals surface area contributed by atoms with Gasteiger partial charge in [0.25, 0.3) is 5.91 Å². The third-order valence-electron chi connectivity index (χ3n) is 3.72. The predicted molar refractivity (Wildman–Crippen MR) is 71.9 cm³/mol. The average Bonchev–Trinajstić information content (AvgIpc) is 2.75. The van der Waals surface area contributed by atoms with Crippen LogP contribution >= 0.6 is 0 Å². The molecule has 3 amide bonds. The molecule has 7 heteroatoms. The van der Waals surface area contributed by atoms with Gasteiger partial charge in [-0.3, -0.25) is 19.3 Å². The predicted octanol–water partition coefficient (Wildman–Crippen LogP) is -0.111. The second-order valence-electron chi connectivity index (χ2n) is 5.08. The number of rotatable bonds is 2. The smallest absolute Gasteiger partial charge is 0.251 e. The standard InChI is InChI=1S/C14H14FN3O3/c15-9-1-3-10(4-2-9)18-13(20)7-11(14(18)21)17-6-5-16-12(19)8-17/h1-4,11H,5-8H2,(H,16,19)/t11-/m0/s1. The molecule has 21 heavy (non-hydrogen) atoms. The van der Waals surface area contributed by atoms with Crippen LogP contribution in [0, 0.1) is 5.82 Å². The average molecular weight is 291 g/mol. The van der Waals surface area contributed by atoms with Crippen molar-refractivity contribution < 1.29 is 18.8 Å². The van der Waals surface area contributed by atoms with Crippen LogP contribution in [0.5, 0.6) is 0 Å². The lowest BCUT2D eigenvalue weighted by molar-refractivity contribution is -0.128. The lowest BCUT2D eigenvalue weighted by Crippen LogP contribution is -2.53. The molecule has 0 bridgehead atoms. The van der Waals surface area contributed by atoms with Gasteiger partial charge in [0.1, 0.15) is 5.82 Å². The lowest BCUT2D eigenvalue weighted by atomic mass is 10.2. The number of benzene rings is 1. The first-order chi connectivity index (χ1) is 10.1. The van der Waals surface area contributed by atoms with Gasteiger partial charge in [-0.15, -0.1) is 0 Å². The molecule has 0 aromatic heterocycles. The number of piperazine rings is 1. The summed E-state index contributed by atoms with van der Waals surface area (Å²) in [6.07, 6.45) is 0.0451. The SMILES string of the molecule is O=C1CN([C@H]2CC(=O)N(c3ccc(F)cc3)C2=O)CCN1. The van der Waals surface area contributed by atoms with Gasteiger partial charge in [0.05, 0.1) is 24.7 Å². The molecule has 0 unspecified atom stereocenters. The summed E-state index contributed by atoms with van der Waals surface area (Å²) in [5.41, 5.74) is 0.357. The fourth-order valence-electron chi connectivity index (χ4n) is 2.69. The van der Waals surface area contributed by atoms with Crippen molar-refractivity contribution in [2.45, 2.75) is 12.5 Å². The number of hydrogen-bond acceptors (Lipinski definition) is 4. The molecule has 1 atom stereocenters. The van der Waals surface area contributed by atoms with Crippen LogP contribution in [-0.2, 0) is 14.4 Å². The van der Waals surface area contributed by atoms with Gasteiger partial charge >= 0.3 is 0 Å². The van der Waals surface area contributed by atoms with Crippen LogP contribution in [0.4, 0.5) is 10.1 Å². The van der Waals surface area contributed by atoms with Crippen LogP contribution in [0.3, 0.4) is 0 Å². The number of carbonyl (C=O) groups excluding carboxylic acids is 3. The second-order valence-corrected chi connectivity index (χ2v) is 5.08. The number of nitrogens with one attached hydrogen (secondary N) is 1. The van der Waals surface area contributed by atoms with Crippen molar-refractivity contribution in [2.75, 3.05) is 24.5 Å². The minimum Gasteiger partial charge on any atom is -0.354 e. The third kappa shape index (κ3) is 2.52. The highest BCUT2D eigenvalue weighted by Gasteiger charge is 2.43. The summed E-state index contributed by atoms with van der Waals surface area (Å²) in [5, 5.41) is 2.68. The number of amides is 3. The molecule has 1 aromatic carbocycles. The monoisotopic (exact) mass is 291 g/mol. The van der Waals surface area contributed by atoms with Crippen LogP contribution in [0.1, 0.15) is 6.42 Å². The molecule has 2 aliphatic heterocycles. The molecule has 2 heterocycles. The molecule has 0 radical (unpaired) electrons. The Morgan fingerprint density at radius 2 is 1.86 bits per heavy atom. The van der Waals surface area contributed by atoms with Gasteiger partial charge in [0, 0.05) is 13.1 Å². The first-order valence-electron chi connectivity index (χ1n) is 6.69. The molecule has 0 saturated carbocycles. The maximum absolute atomic E-state index is 12.9. The molecular weight excluding hydrogens is 277 g/mol. The van der Waals surface area contributed by atoms with E-state index in [0.717, 1.165) is 4.90 Å². The van der Waals surface area contributed by atoms with E-state index in [1.54, 1.807) is 4.90 Å². The van der Waals surface area contributed by atoms with E-state index in [1.807, 2.05) is 0 Å². The van der Waals surface area contributed by atoms with E-state index < -0.39 is 11.9 Å². The van der Waals surface area contributed by atoms with Crippen molar-refractivity contribution in [3.05, 3.63) is 30.1 Å². The molecule has 1 aromatic rings. The molecule has 6 nitrogen and oxygen atoms in total. The quantitative estimate of drug-likeness (QED) is 0.772. The normalized spacial score (nSPS) is 23.6. The van der Waals surface area contributed by atoms with E-state index in [9.17, 15) is 18.8 Å². The summed E-state index contributed by atoms with van der Waals surface area (Å²) in [4.78, 5) is 38.7. The van der Waals surface area contributed by atoms with E-state index in [0.29, 0.717) is 18.8 Å². The highest BCUT2D eigenvalue weighted by Crippen LogP contribution is 2.26. The molecule has 110 valence electrons. The zero-order chi connectivity index (χ0) is 15.0. The number of hydrogen-bond donors (Lipinski definition) is 1.